The first-order valence-corrected chi connectivity index (χ1v) is 8.62. The first-order chi connectivity index (χ1) is 12.6. The molecule has 1 aliphatic rings. The molecule has 1 fully saturated rings. The molecule has 0 atom stereocenters. The number of nitrogens with two attached hydrogens (primary N) is 1. The predicted octanol–water partition coefficient (Wildman–Crippen LogP) is 1.16. The molecule has 0 aliphatic carbocycles. The van der Waals surface area contributed by atoms with Crippen LogP contribution in [0.3, 0.4) is 0 Å². The minimum absolute atomic E-state index is 0.0188. The number of alkyl halides is 1. The number of amidine groups is 1. The molecule has 138 valence electrons. The Balaban J connectivity index is 1.60. The van der Waals surface area contributed by atoms with Crippen LogP contribution in [0.1, 0.15) is 5.56 Å². The average Bonchev–Trinajstić information content (AvgIpc) is 3.05. The lowest BCUT2D eigenvalue weighted by molar-refractivity contribution is -0.112. The molecule has 3 rings (SSSR count). The fraction of sp³-hybridized carbons (Fsp3) is 0.389. The number of H-pyrrole nitrogens is 1. The van der Waals surface area contributed by atoms with Gasteiger partial charge in [-0.3, -0.25) is 15.1 Å². The standard InChI is InChI=1S/C18H23FN6O/c19-5-6-24-7-9-25(10-8-24)18(21)23-17(20)16(26)11-13-12-22-15-4-2-1-3-14(13)15/h1-4,12,22H,5-11H2,(H3,20,21,23). The number of guanidine groups is 1. The summed E-state index contributed by atoms with van der Waals surface area (Å²) in [4.78, 5) is 23.2. The number of nitrogens with zero attached hydrogens (tertiary/aromatic N) is 3. The van der Waals surface area contributed by atoms with Gasteiger partial charge in [-0.1, -0.05) is 18.2 Å². The van der Waals surface area contributed by atoms with Crippen molar-refractivity contribution in [3.05, 3.63) is 36.0 Å². The molecule has 8 heteroatoms. The van der Waals surface area contributed by atoms with Gasteiger partial charge in [0, 0.05) is 56.2 Å². The maximum absolute atomic E-state index is 12.4. The van der Waals surface area contributed by atoms with Crippen molar-refractivity contribution in [2.24, 2.45) is 10.7 Å². The highest BCUT2D eigenvalue weighted by atomic mass is 19.1. The largest absolute Gasteiger partial charge is 0.381 e. The van der Waals surface area contributed by atoms with Gasteiger partial charge in [-0.05, 0) is 11.6 Å². The topological polar surface area (TPSA) is 102 Å². The highest BCUT2D eigenvalue weighted by molar-refractivity contribution is 6.40. The number of para-hydroxylation sites is 1. The van der Waals surface area contributed by atoms with E-state index >= 15 is 0 Å². The second-order valence-corrected chi connectivity index (χ2v) is 6.30. The number of piperazine rings is 1. The van der Waals surface area contributed by atoms with Crippen molar-refractivity contribution < 1.29 is 9.18 Å². The maximum atomic E-state index is 12.4. The van der Waals surface area contributed by atoms with Gasteiger partial charge in [-0.15, -0.1) is 0 Å². The molecule has 0 radical (unpaired) electrons. The highest BCUT2D eigenvalue weighted by Crippen LogP contribution is 2.18. The summed E-state index contributed by atoms with van der Waals surface area (Å²) in [6, 6.07) is 7.73. The number of aliphatic imine (C=N–C) groups is 1. The van der Waals surface area contributed by atoms with Gasteiger partial charge in [0.25, 0.3) is 0 Å². The quantitative estimate of drug-likeness (QED) is 0.551. The number of ketones is 1. The number of nitrogens with one attached hydrogen (secondary N) is 2. The number of rotatable bonds is 5. The Morgan fingerprint density at radius 3 is 2.73 bits per heavy atom. The Morgan fingerprint density at radius 2 is 2.00 bits per heavy atom. The van der Waals surface area contributed by atoms with Gasteiger partial charge in [-0.25, -0.2) is 4.39 Å². The number of aromatic nitrogens is 1. The van der Waals surface area contributed by atoms with E-state index in [0.29, 0.717) is 32.7 Å². The van der Waals surface area contributed by atoms with E-state index in [2.05, 4.69) is 9.98 Å². The van der Waals surface area contributed by atoms with E-state index in [-0.39, 0.29) is 30.7 Å². The summed E-state index contributed by atoms with van der Waals surface area (Å²) in [5.74, 6) is -0.489. The third kappa shape index (κ3) is 4.08. The van der Waals surface area contributed by atoms with E-state index in [9.17, 15) is 9.18 Å². The van der Waals surface area contributed by atoms with Crippen molar-refractivity contribution in [2.75, 3.05) is 39.4 Å². The number of benzene rings is 1. The number of hydrogen-bond donors (Lipinski definition) is 3. The summed E-state index contributed by atoms with van der Waals surface area (Å²) in [5, 5.41) is 9.04. The van der Waals surface area contributed by atoms with Crippen LogP contribution in [0.5, 0.6) is 0 Å². The number of Topliss-reactive ketones (excluding diaryl/α,β-unsaturated/α-hetero) is 1. The first kappa shape index (κ1) is 18.1. The van der Waals surface area contributed by atoms with Crippen molar-refractivity contribution >= 4 is 28.5 Å². The highest BCUT2D eigenvalue weighted by Gasteiger charge is 2.20. The van der Waals surface area contributed by atoms with Gasteiger partial charge in [0.05, 0.1) is 0 Å². The summed E-state index contributed by atoms with van der Waals surface area (Å²) in [5.41, 5.74) is 7.64. The van der Waals surface area contributed by atoms with E-state index in [1.54, 1.807) is 11.1 Å². The van der Waals surface area contributed by atoms with Crippen LogP contribution in [-0.4, -0.2) is 71.8 Å². The van der Waals surface area contributed by atoms with Crippen LogP contribution in [0.4, 0.5) is 4.39 Å². The number of fused-ring (bicyclic) bond motifs is 1. The Bertz CT molecular complexity index is 822. The van der Waals surface area contributed by atoms with Crippen molar-refractivity contribution in [3.8, 4) is 0 Å². The number of halogens is 1. The zero-order chi connectivity index (χ0) is 18.5. The van der Waals surface area contributed by atoms with E-state index < -0.39 is 0 Å². The van der Waals surface area contributed by atoms with Crippen LogP contribution in [-0.2, 0) is 11.2 Å². The Kier molecular flexibility index (Phi) is 5.62. The molecular weight excluding hydrogens is 335 g/mol. The molecule has 1 aliphatic heterocycles. The minimum Gasteiger partial charge on any atom is -0.381 e. The number of carbonyl (C=O) groups is 1. The van der Waals surface area contributed by atoms with Crippen molar-refractivity contribution in [1.29, 1.82) is 5.41 Å². The summed E-state index contributed by atoms with van der Waals surface area (Å²) >= 11 is 0. The van der Waals surface area contributed by atoms with Gasteiger partial charge in [0.15, 0.2) is 5.84 Å². The van der Waals surface area contributed by atoms with Crippen molar-refractivity contribution in [3.63, 3.8) is 0 Å². The van der Waals surface area contributed by atoms with Crippen molar-refractivity contribution in [2.45, 2.75) is 6.42 Å². The molecule has 7 nitrogen and oxygen atoms in total. The third-order valence-corrected chi connectivity index (χ3v) is 4.61. The number of hydrogen-bond acceptors (Lipinski definition) is 3. The van der Waals surface area contributed by atoms with Gasteiger partial charge in [-0.2, -0.15) is 4.99 Å². The van der Waals surface area contributed by atoms with Gasteiger partial charge in [0.1, 0.15) is 6.67 Å². The molecule has 1 aromatic carbocycles. The summed E-state index contributed by atoms with van der Waals surface area (Å²) < 4.78 is 12.4. The molecule has 2 heterocycles. The first-order valence-electron chi connectivity index (χ1n) is 8.62. The van der Waals surface area contributed by atoms with E-state index in [4.69, 9.17) is 11.1 Å². The molecule has 0 amide bonds. The maximum Gasteiger partial charge on any atom is 0.219 e. The average molecular weight is 358 g/mol. The van der Waals surface area contributed by atoms with E-state index in [1.165, 1.54) is 0 Å². The second-order valence-electron chi connectivity index (χ2n) is 6.30. The molecule has 1 saturated heterocycles. The van der Waals surface area contributed by atoms with Crippen LogP contribution in [0.15, 0.2) is 35.5 Å². The molecular formula is C18H23FN6O. The fourth-order valence-corrected chi connectivity index (χ4v) is 3.09. The van der Waals surface area contributed by atoms with Crippen LogP contribution in [0.25, 0.3) is 10.9 Å². The third-order valence-electron chi connectivity index (χ3n) is 4.61. The van der Waals surface area contributed by atoms with Gasteiger partial charge < -0.3 is 15.6 Å². The molecule has 2 aromatic rings. The lowest BCUT2D eigenvalue weighted by Gasteiger charge is -2.34. The van der Waals surface area contributed by atoms with Crippen LogP contribution >= 0.6 is 0 Å². The van der Waals surface area contributed by atoms with Crippen LogP contribution in [0.2, 0.25) is 0 Å². The van der Waals surface area contributed by atoms with Crippen LogP contribution in [0, 0.1) is 5.41 Å². The monoisotopic (exact) mass is 358 g/mol. The Labute approximate surface area is 151 Å². The number of aromatic amines is 1. The van der Waals surface area contributed by atoms with Gasteiger partial charge in [0.2, 0.25) is 11.7 Å². The molecule has 0 bridgehead atoms. The van der Waals surface area contributed by atoms with E-state index in [1.807, 2.05) is 29.2 Å². The minimum atomic E-state index is -0.370. The van der Waals surface area contributed by atoms with Crippen molar-refractivity contribution in [1.82, 2.24) is 14.8 Å². The SMILES string of the molecule is N=C(N=C(N)C(=O)Cc1c[nH]c2ccccc12)N1CCN(CCF)CC1. The Morgan fingerprint density at radius 1 is 1.27 bits per heavy atom. The Hall–Kier alpha value is -2.74. The number of carbonyl (C=O) groups excluding carboxylic acids is 1. The molecule has 0 unspecified atom stereocenters. The zero-order valence-corrected chi connectivity index (χ0v) is 14.5. The summed E-state index contributed by atoms with van der Waals surface area (Å²) in [6.07, 6.45) is 1.93. The second kappa shape index (κ2) is 8.09. The molecule has 4 N–H and O–H groups in total. The smallest absolute Gasteiger partial charge is 0.219 e. The molecule has 26 heavy (non-hydrogen) atoms. The summed E-state index contributed by atoms with van der Waals surface area (Å²) in [7, 11) is 0. The van der Waals surface area contributed by atoms with Gasteiger partial charge >= 0.3 is 0 Å². The molecule has 0 spiro atoms. The predicted molar refractivity (Wildman–Crippen MR) is 100 cm³/mol. The normalized spacial score (nSPS) is 16.2. The fourth-order valence-electron chi connectivity index (χ4n) is 3.09. The molecule has 1 aromatic heterocycles. The van der Waals surface area contributed by atoms with E-state index in [0.717, 1.165) is 16.5 Å². The lowest BCUT2D eigenvalue weighted by atomic mass is 10.1. The zero-order valence-electron chi connectivity index (χ0n) is 14.5. The lowest BCUT2D eigenvalue weighted by Crippen LogP contribution is -2.49. The summed E-state index contributed by atoms with van der Waals surface area (Å²) in [6.45, 7) is 2.54. The molecule has 0 saturated carbocycles. The van der Waals surface area contributed by atoms with Crippen LogP contribution < -0.4 is 5.73 Å².